The first-order valence-corrected chi connectivity index (χ1v) is 11.7. The van der Waals surface area contributed by atoms with E-state index in [1.807, 2.05) is 25.2 Å². The summed E-state index contributed by atoms with van der Waals surface area (Å²) in [6.07, 6.45) is 6.27. The van der Waals surface area contributed by atoms with Gasteiger partial charge in [0.2, 0.25) is 15.9 Å². The third-order valence-corrected chi connectivity index (χ3v) is 8.09. The number of sulfonamides is 1. The van der Waals surface area contributed by atoms with Crippen LogP contribution < -0.4 is 0 Å². The molecule has 0 N–H and O–H groups in total. The zero-order chi connectivity index (χ0) is 20.2. The molecule has 1 saturated carbocycles. The molecule has 2 fully saturated rings. The van der Waals surface area contributed by atoms with E-state index in [0.29, 0.717) is 32.5 Å². The van der Waals surface area contributed by atoms with Crippen LogP contribution in [-0.2, 0) is 26.0 Å². The molecular weight excluding hydrogens is 378 g/mol. The molecule has 1 aliphatic carbocycles. The van der Waals surface area contributed by atoms with Crippen LogP contribution in [0.1, 0.15) is 37.8 Å². The van der Waals surface area contributed by atoms with Crippen molar-refractivity contribution < 1.29 is 17.9 Å². The van der Waals surface area contributed by atoms with Crippen molar-refractivity contribution in [2.75, 3.05) is 39.6 Å². The van der Waals surface area contributed by atoms with Crippen molar-refractivity contribution in [3.05, 3.63) is 30.1 Å². The second-order valence-electron chi connectivity index (χ2n) is 7.89. The number of ether oxygens (including phenoxy) is 1. The fourth-order valence-electron chi connectivity index (χ4n) is 4.70. The van der Waals surface area contributed by atoms with Gasteiger partial charge >= 0.3 is 0 Å². The van der Waals surface area contributed by atoms with Crippen LogP contribution in [0.25, 0.3) is 0 Å². The van der Waals surface area contributed by atoms with Crippen LogP contribution in [0.5, 0.6) is 0 Å². The molecule has 1 aromatic heterocycles. The van der Waals surface area contributed by atoms with Gasteiger partial charge < -0.3 is 9.64 Å². The molecule has 0 spiro atoms. The predicted molar refractivity (Wildman–Crippen MR) is 107 cm³/mol. The number of hydrogen-bond acceptors (Lipinski definition) is 5. The Morgan fingerprint density at radius 1 is 1.36 bits per heavy atom. The van der Waals surface area contributed by atoms with Crippen LogP contribution in [-0.4, -0.2) is 74.2 Å². The van der Waals surface area contributed by atoms with Crippen molar-refractivity contribution in [1.82, 2.24) is 14.2 Å². The van der Waals surface area contributed by atoms with E-state index in [2.05, 4.69) is 4.98 Å². The van der Waals surface area contributed by atoms with Gasteiger partial charge in [-0.2, -0.15) is 4.31 Å². The quantitative estimate of drug-likeness (QED) is 0.685. The molecular formula is C20H31N3O4S. The highest BCUT2D eigenvalue weighted by molar-refractivity contribution is 7.89. The van der Waals surface area contributed by atoms with E-state index in [9.17, 15) is 13.2 Å². The number of pyridine rings is 1. The van der Waals surface area contributed by atoms with Crippen LogP contribution in [0.3, 0.4) is 0 Å². The summed E-state index contributed by atoms with van der Waals surface area (Å²) in [4.78, 5) is 19.7. The van der Waals surface area contributed by atoms with Gasteiger partial charge in [0.1, 0.15) is 0 Å². The summed E-state index contributed by atoms with van der Waals surface area (Å²) in [5.41, 5.74) is 0.337. The van der Waals surface area contributed by atoms with Gasteiger partial charge in [-0.25, -0.2) is 8.42 Å². The maximum absolute atomic E-state index is 13.6. The van der Waals surface area contributed by atoms with Crippen molar-refractivity contribution >= 4 is 15.9 Å². The first-order chi connectivity index (χ1) is 13.4. The second kappa shape index (κ2) is 8.88. The third kappa shape index (κ3) is 4.23. The van der Waals surface area contributed by atoms with E-state index in [-0.39, 0.29) is 17.7 Å². The number of carbonyl (C=O) groups excluding carboxylic acids is 1. The highest BCUT2D eigenvalue weighted by Crippen LogP contribution is 2.47. The zero-order valence-corrected chi connectivity index (χ0v) is 17.7. The molecule has 0 aromatic carbocycles. The first kappa shape index (κ1) is 21.2. The SMILES string of the molecule is COCCN1[C@@H]2CCCC[C@@]2(C(=O)N(C)CCc2ccccn2)CCS1(=O)=O. The summed E-state index contributed by atoms with van der Waals surface area (Å²) < 4.78 is 32.1. The van der Waals surface area contributed by atoms with Crippen molar-refractivity contribution in [3.8, 4) is 0 Å². The van der Waals surface area contributed by atoms with Crippen LogP contribution in [0.4, 0.5) is 0 Å². The molecule has 7 nitrogen and oxygen atoms in total. The van der Waals surface area contributed by atoms with Crippen LogP contribution in [0, 0.1) is 5.41 Å². The molecule has 2 heterocycles. The lowest BCUT2D eigenvalue weighted by Crippen LogP contribution is -2.63. The Morgan fingerprint density at radius 3 is 2.89 bits per heavy atom. The number of fused-ring (bicyclic) bond motifs is 1. The summed E-state index contributed by atoms with van der Waals surface area (Å²) in [7, 11) is 0.0521. The average molecular weight is 410 g/mol. The van der Waals surface area contributed by atoms with Crippen LogP contribution >= 0.6 is 0 Å². The summed E-state index contributed by atoms with van der Waals surface area (Å²) in [6.45, 7) is 1.24. The van der Waals surface area contributed by atoms with Gasteiger partial charge in [-0.15, -0.1) is 0 Å². The van der Waals surface area contributed by atoms with Gasteiger partial charge in [0.05, 0.1) is 17.8 Å². The van der Waals surface area contributed by atoms with Gasteiger partial charge in [0, 0.05) is 51.6 Å². The minimum atomic E-state index is -3.35. The molecule has 1 aromatic rings. The molecule has 2 atom stereocenters. The van der Waals surface area contributed by atoms with E-state index < -0.39 is 15.4 Å². The number of likely N-dealkylation sites (N-methyl/N-ethyl adjacent to an activating group) is 1. The second-order valence-corrected chi connectivity index (χ2v) is 9.93. The summed E-state index contributed by atoms with van der Waals surface area (Å²) in [5, 5.41) is 0. The molecule has 2 aliphatic rings. The van der Waals surface area contributed by atoms with Gasteiger partial charge in [-0.1, -0.05) is 18.9 Å². The smallest absolute Gasteiger partial charge is 0.230 e. The molecule has 0 unspecified atom stereocenters. The Kier molecular flexibility index (Phi) is 6.73. The van der Waals surface area contributed by atoms with E-state index in [1.165, 1.54) is 0 Å². The summed E-state index contributed by atoms with van der Waals surface area (Å²) in [5.74, 6) is 0.109. The van der Waals surface area contributed by atoms with E-state index >= 15 is 0 Å². The molecule has 156 valence electrons. The van der Waals surface area contributed by atoms with Gasteiger partial charge in [-0.3, -0.25) is 9.78 Å². The lowest BCUT2D eigenvalue weighted by molar-refractivity contribution is -0.147. The van der Waals surface area contributed by atoms with Crippen molar-refractivity contribution in [1.29, 1.82) is 0 Å². The number of methoxy groups -OCH3 is 1. The van der Waals surface area contributed by atoms with E-state index in [1.54, 1.807) is 22.5 Å². The minimum Gasteiger partial charge on any atom is -0.383 e. The standard InChI is InChI=1S/C20H31N3O4S/c1-22(13-9-17-7-4-6-12-21-17)19(24)20-10-5-3-8-18(20)23(14-15-27-2)28(25,26)16-11-20/h4,6-7,12,18H,3,5,8-11,13-16H2,1-2H3/t18-,20-/m1/s1. The Hall–Kier alpha value is -1.51. The number of amides is 1. The molecule has 28 heavy (non-hydrogen) atoms. The van der Waals surface area contributed by atoms with Crippen LogP contribution in [0.2, 0.25) is 0 Å². The van der Waals surface area contributed by atoms with Crippen molar-refractivity contribution in [3.63, 3.8) is 0 Å². The topological polar surface area (TPSA) is 79.8 Å². The lowest BCUT2D eigenvalue weighted by Gasteiger charge is -2.51. The van der Waals surface area contributed by atoms with Gasteiger partial charge in [0.15, 0.2) is 0 Å². The number of aromatic nitrogens is 1. The molecule has 0 bridgehead atoms. The summed E-state index contributed by atoms with van der Waals surface area (Å²) >= 11 is 0. The maximum atomic E-state index is 13.6. The number of rotatable bonds is 7. The molecule has 1 saturated heterocycles. The summed E-state index contributed by atoms with van der Waals surface area (Å²) in [6, 6.07) is 5.51. The molecule has 1 amide bonds. The van der Waals surface area contributed by atoms with E-state index in [0.717, 1.165) is 31.4 Å². The number of nitrogens with zero attached hydrogens (tertiary/aromatic N) is 3. The fraction of sp³-hybridized carbons (Fsp3) is 0.700. The minimum absolute atomic E-state index is 0.0348. The Balaban J connectivity index is 1.79. The van der Waals surface area contributed by atoms with Gasteiger partial charge in [-0.05, 0) is 31.4 Å². The normalized spacial score (nSPS) is 27.1. The van der Waals surface area contributed by atoms with Crippen molar-refractivity contribution in [2.24, 2.45) is 5.41 Å². The Labute approximate surface area is 168 Å². The van der Waals surface area contributed by atoms with Gasteiger partial charge in [0.25, 0.3) is 0 Å². The van der Waals surface area contributed by atoms with Crippen molar-refractivity contribution in [2.45, 2.75) is 44.6 Å². The van der Waals surface area contributed by atoms with Crippen LogP contribution in [0.15, 0.2) is 24.4 Å². The molecule has 8 heteroatoms. The average Bonchev–Trinajstić information content (AvgIpc) is 2.71. The predicted octanol–water partition coefficient (Wildman–Crippen LogP) is 1.69. The largest absolute Gasteiger partial charge is 0.383 e. The molecule has 3 rings (SSSR count). The maximum Gasteiger partial charge on any atom is 0.230 e. The Bertz CT molecular complexity index is 771. The number of hydrogen-bond donors (Lipinski definition) is 0. The molecule has 1 aliphatic heterocycles. The van der Waals surface area contributed by atoms with E-state index in [4.69, 9.17) is 4.74 Å². The number of carbonyl (C=O) groups is 1. The third-order valence-electron chi connectivity index (χ3n) is 6.22. The zero-order valence-electron chi connectivity index (χ0n) is 16.8. The lowest BCUT2D eigenvalue weighted by atomic mass is 9.67. The monoisotopic (exact) mass is 409 g/mol. The fourth-order valence-corrected chi connectivity index (χ4v) is 6.60. The highest BCUT2D eigenvalue weighted by atomic mass is 32.2. The highest BCUT2D eigenvalue weighted by Gasteiger charge is 2.55. The molecule has 0 radical (unpaired) electrons. The first-order valence-electron chi connectivity index (χ1n) is 10.0. The Morgan fingerprint density at radius 2 is 2.18 bits per heavy atom.